The van der Waals surface area contributed by atoms with Crippen LogP contribution in [-0.4, -0.2) is 11.1 Å². The lowest BCUT2D eigenvalue weighted by molar-refractivity contribution is -0.380. The Labute approximate surface area is 120 Å². The predicted molar refractivity (Wildman–Crippen MR) is 83.3 cm³/mol. The second kappa shape index (κ2) is 6.63. The van der Waals surface area contributed by atoms with Crippen molar-refractivity contribution in [1.29, 1.82) is 0 Å². The minimum absolute atomic E-state index is 0.138. The highest BCUT2D eigenvalue weighted by Crippen LogP contribution is 2.24. The van der Waals surface area contributed by atoms with Gasteiger partial charge in [0.25, 0.3) is 0 Å². The fraction of sp³-hybridized carbons (Fsp3) is 0.0714. The van der Waals surface area contributed by atoms with E-state index in [4.69, 9.17) is 0 Å². The molecule has 6 heteroatoms. The van der Waals surface area contributed by atoms with E-state index in [1.165, 1.54) is 11.6 Å². The van der Waals surface area contributed by atoms with Crippen molar-refractivity contribution in [2.75, 3.05) is 5.43 Å². The average Bonchev–Trinajstić information content (AvgIpc) is 2.89. The van der Waals surface area contributed by atoms with Crippen LogP contribution in [0, 0.1) is 17.0 Å². The zero-order valence-corrected chi connectivity index (χ0v) is 11.6. The highest BCUT2D eigenvalue weighted by atomic mass is 32.1. The summed E-state index contributed by atoms with van der Waals surface area (Å²) in [6.07, 6.45) is 5.11. The van der Waals surface area contributed by atoms with Crippen molar-refractivity contribution in [3.8, 4) is 0 Å². The molecule has 0 radical (unpaired) electrons. The van der Waals surface area contributed by atoms with Crippen molar-refractivity contribution in [2.45, 2.75) is 6.92 Å². The van der Waals surface area contributed by atoms with Gasteiger partial charge in [-0.1, -0.05) is 29.0 Å². The molecule has 2 rings (SSSR count). The molecular formula is C14H13N3O2S. The summed E-state index contributed by atoms with van der Waals surface area (Å²) in [5, 5.41) is 14.7. The average molecular weight is 287 g/mol. The molecule has 102 valence electrons. The second-order valence-corrected chi connectivity index (χ2v) is 5.14. The minimum Gasteiger partial charge on any atom is -0.279 e. The van der Waals surface area contributed by atoms with E-state index in [1.54, 1.807) is 24.4 Å². The van der Waals surface area contributed by atoms with E-state index in [-0.39, 0.29) is 5.00 Å². The Morgan fingerprint density at radius 1 is 1.25 bits per heavy atom. The lowest BCUT2D eigenvalue weighted by Crippen LogP contribution is -1.87. The molecule has 0 fully saturated rings. The Morgan fingerprint density at radius 2 is 2.00 bits per heavy atom. The van der Waals surface area contributed by atoms with Crippen LogP contribution >= 0.6 is 11.3 Å². The third kappa shape index (κ3) is 4.03. The monoisotopic (exact) mass is 287 g/mol. The number of hydrogen-bond donors (Lipinski definition) is 1. The number of nitrogens with zero attached hydrogens (tertiary/aromatic N) is 2. The van der Waals surface area contributed by atoms with Gasteiger partial charge in [0.05, 0.1) is 10.6 Å². The highest BCUT2D eigenvalue weighted by Gasteiger charge is 2.06. The number of allylic oxidation sites excluding steroid dienone is 1. The number of thiophene rings is 1. The predicted octanol–water partition coefficient (Wildman–Crippen LogP) is 4.08. The van der Waals surface area contributed by atoms with E-state index < -0.39 is 4.92 Å². The number of hydrogen-bond acceptors (Lipinski definition) is 5. The molecule has 0 aliphatic heterocycles. The smallest absolute Gasteiger partial charge is 0.279 e. The van der Waals surface area contributed by atoms with Crippen LogP contribution in [-0.2, 0) is 0 Å². The zero-order chi connectivity index (χ0) is 14.4. The number of nitrogens with one attached hydrogen (secondary N) is 1. The lowest BCUT2D eigenvalue weighted by Gasteiger charge is -1.98. The molecule has 0 saturated carbocycles. The molecule has 0 atom stereocenters. The molecule has 20 heavy (non-hydrogen) atoms. The Hall–Kier alpha value is -2.47. The van der Waals surface area contributed by atoms with Crippen molar-refractivity contribution in [3.05, 3.63) is 63.0 Å². The summed E-state index contributed by atoms with van der Waals surface area (Å²) in [6.45, 7) is 2.02. The maximum absolute atomic E-state index is 10.5. The number of aryl methyl sites for hydroxylation is 1. The van der Waals surface area contributed by atoms with Gasteiger partial charge in [-0.15, -0.1) is 0 Å². The van der Waals surface area contributed by atoms with Gasteiger partial charge in [-0.25, -0.2) is 0 Å². The van der Waals surface area contributed by atoms with Gasteiger partial charge in [0.2, 0.25) is 0 Å². The normalized spacial score (nSPS) is 11.2. The molecule has 1 aromatic heterocycles. The van der Waals surface area contributed by atoms with Crippen molar-refractivity contribution >= 4 is 34.3 Å². The molecule has 1 N–H and O–H groups in total. The second-order valence-electron chi connectivity index (χ2n) is 4.05. The number of rotatable bonds is 5. The van der Waals surface area contributed by atoms with Crippen LogP contribution in [0.4, 0.5) is 10.7 Å². The van der Waals surface area contributed by atoms with Crippen LogP contribution in [0.15, 0.2) is 47.6 Å². The fourth-order valence-corrected chi connectivity index (χ4v) is 2.19. The maximum atomic E-state index is 10.5. The minimum atomic E-state index is -0.394. The van der Waals surface area contributed by atoms with E-state index in [2.05, 4.69) is 10.5 Å². The first kappa shape index (κ1) is 14.0. The summed E-state index contributed by atoms with van der Waals surface area (Å²) in [5.41, 5.74) is 5.00. The molecule has 0 spiro atoms. The lowest BCUT2D eigenvalue weighted by atomic mass is 10.2. The third-order valence-corrected chi connectivity index (χ3v) is 3.46. The summed E-state index contributed by atoms with van der Waals surface area (Å²) < 4.78 is 0. The van der Waals surface area contributed by atoms with Crippen LogP contribution in [0.2, 0.25) is 0 Å². The van der Waals surface area contributed by atoms with E-state index >= 15 is 0 Å². The Kier molecular flexibility index (Phi) is 4.62. The van der Waals surface area contributed by atoms with Crippen LogP contribution in [0.25, 0.3) is 6.08 Å². The first-order valence-corrected chi connectivity index (χ1v) is 6.73. The molecule has 1 aromatic carbocycles. The molecule has 0 saturated heterocycles. The number of anilines is 1. The number of benzene rings is 1. The molecule has 0 amide bonds. The SMILES string of the molecule is Cc1ccc(N/N=C/C=C/c2ccc([N+](=O)[O-])s2)cc1. The van der Waals surface area contributed by atoms with Crippen LogP contribution < -0.4 is 5.43 Å². The topological polar surface area (TPSA) is 67.5 Å². The number of hydrazone groups is 1. The first-order chi connectivity index (χ1) is 9.65. The van der Waals surface area contributed by atoms with Gasteiger partial charge in [0.15, 0.2) is 0 Å². The van der Waals surface area contributed by atoms with E-state index in [0.29, 0.717) is 0 Å². The Balaban J connectivity index is 1.87. The van der Waals surface area contributed by atoms with Crippen molar-refractivity contribution < 1.29 is 4.92 Å². The standard InChI is InChI=1S/C14H13N3O2S/c1-11-4-6-12(7-5-11)16-15-10-2-3-13-8-9-14(20-13)17(18)19/h2-10,16H,1H3/b3-2+,15-10+. The largest absolute Gasteiger partial charge is 0.324 e. The summed E-state index contributed by atoms with van der Waals surface area (Å²) in [7, 11) is 0. The first-order valence-electron chi connectivity index (χ1n) is 5.92. The summed E-state index contributed by atoms with van der Waals surface area (Å²) in [4.78, 5) is 11.0. The van der Waals surface area contributed by atoms with E-state index in [0.717, 1.165) is 21.9 Å². The quantitative estimate of drug-likeness (QED) is 0.512. The molecule has 2 aromatic rings. The van der Waals surface area contributed by atoms with Crippen molar-refractivity contribution in [1.82, 2.24) is 0 Å². The van der Waals surface area contributed by atoms with Gasteiger partial charge in [-0.3, -0.25) is 15.5 Å². The molecule has 0 aliphatic carbocycles. The highest BCUT2D eigenvalue weighted by molar-refractivity contribution is 7.16. The van der Waals surface area contributed by atoms with Gasteiger partial charge in [-0.2, -0.15) is 5.10 Å². The van der Waals surface area contributed by atoms with Gasteiger partial charge in [0.1, 0.15) is 0 Å². The van der Waals surface area contributed by atoms with Crippen molar-refractivity contribution in [2.24, 2.45) is 5.10 Å². The molecule has 1 heterocycles. The van der Waals surface area contributed by atoms with Crippen LogP contribution in [0.3, 0.4) is 0 Å². The fourth-order valence-electron chi connectivity index (χ4n) is 1.45. The zero-order valence-electron chi connectivity index (χ0n) is 10.8. The summed E-state index contributed by atoms with van der Waals surface area (Å²) in [6, 6.07) is 11.1. The van der Waals surface area contributed by atoms with E-state index in [1.807, 2.05) is 31.2 Å². The van der Waals surface area contributed by atoms with Crippen molar-refractivity contribution in [3.63, 3.8) is 0 Å². The summed E-state index contributed by atoms with van der Waals surface area (Å²) in [5.74, 6) is 0. The number of nitro groups is 1. The molecular weight excluding hydrogens is 274 g/mol. The van der Waals surface area contributed by atoms with Gasteiger partial charge >= 0.3 is 5.00 Å². The van der Waals surface area contributed by atoms with Gasteiger partial charge in [0, 0.05) is 17.2 Å². The van der Waals surface area contributed by atoms with Gasteiger partial charge < -0.3 is 0 Å². The summed E-state index contributed by atoms with van der Waals surface area (Å²) >= 11 is 1.13. The third-order valence-electron chi connectivity index (χ3n) is 2.46. The molecule has 5 nitrogen and oxygen atoms in total. The molecule has 0 bridgehead atoms. The molecule has 0 unspecified atom stereocenters. The Morgan fingerprint density at radius 3 is 2.65 bits per heavy atom. The van der Waals surface area contributed by atoms with Crippen LogP contribution in [0.1, 0.15) is 10.4 Å². The maximum Gasteiger partial charge on any atom is 0.324 e. The van der Waals surface area contributed by atoms with Crippen LogP contribution in [0.5, 0.6) is 0 Å². The van der Waals surface area contributed by atoms with E-state index in [9.17, 15) is 10.1 Å². The molecule has 0 aliphatic rings. The Bertz CT molecular complexity index is 645. The van der Waals surface area contributed by atoms with Gasteiger partial charge in [-0.05, 0) is 37.3 Å².